The molecular weight excluding hydrogens is 342 g/mol. The lowest BCUT2D eigenvalue weighted by molar-refractivity contribution is -0.136. The van der Waals surface area contributed by atoms with E-state index in [4.69, 9.17) is 22.0 Å². The number of halogens is 1. The Morgan fingerprint density at radius 2 is 1.68 bits per heavy atom. The lowest BCUT2D eigenvalue weighted by atomic mass is 10.1. The minimum atomic E-state index is -0.911. The van der Waals surface area contributed by atoms with Crippen LogP contribution in [0.25, 0.3) is 0 Å². The number of aliphatic carboxylic acids is 1. The average Bonchev–Trinajstić information content (AvgIpc) is 2.58. The van der Waals surface area contributed by atoms with Crippen molar-refractivity contribution in [3.05, 3.63) is 70.9 Å². The smallest absolute Gasteiger partial charge is 0.307 e. The number of carbonyl (C=O) groups excluding carboxylic acids is 1. The van der Waals surface area contributed by atoms with Gasteiger partial charge in [-0.15, -0.1) is 0 Å². The molecule has 0 saturated heterocycles. The number of rotatable bonds is 6. The Bertz CT molecular complexity index is 837. The molecule has 0 spiro atoms. The molecule has 0 aliphatic heterocycles. The zero-order valence-electron chi connectivity index (χ0n) is 13.0. The Morgan fingerprint density at radius 3 is 2.24 bits per heavy atom. The van der Waals surface area contributed by atoms with Crippen LogP contribution in [0.2, 0.25) is 5.02 Å². The predicted molar refractivity (Wildman–Crippen MR) is 95.2 cm³/mol. The molecule has 1 amide bonds. The lowest BCUT2D eigenvalue weighted by Gasteiger charge is -2.06. The quantitative estimate of drug-likeness (QED) is 0.544. The van der Waals surface area contributed by atoms with Gasteiger partial charge in [0.25, 0.3) is 5.91 Å². The van der Waals surface area contributed by atoms with Crippen LogP contribution >= 0.6 is 11.6 Å². The van der Waals surface area contributed by atoms with Gasteiger partial charge in [0, 0.05) is 22.6 Å². The van der Waals surface area contributed by atoms with Gasteiger partial charge in [-0.1, -0.05) is 23.7 Å². The Morgan fingerprint density at radius 1 is 1.08 bits per heavy atom. The molecule has 0 aliphatic carbocycles. The molecule has 126 valence electrons. The summed E-state index contributed by atoms with van der Waals surface area (Å²) in [6.07, 6.45) is 1.22. The molecule has 2 aromatic carbocycles. The van der Waals surface area contributed by atoms with E-state index in [1.807, 2.05) is 6.07 Å². The zero-order chi connectivity index (χ0) is 18.2. The minimum absolute atomic E-state index is 0.0664. The van der Waals surface area contributed by atoms with Crippen molar-refractivity contribution in [3.63, 3.8) is 0 Å². The van der Waals surface area contributed by atoms with Gasteiger partial charge in [0.1, 0.15) is 11.6 Å². The molecule has 0 saturated carbocycles. The van der Waals surface area contributed by atoms with E-state index in [0.717, 1.165) is 0 Å². The fourth-order valence-electron chi connectivity index (χ4n) is 1.93. The second-order valence-electron chi connectivity index (χ2n) is 5.04. The van der Waals surface area contributed by atoms with Gasteiger partial charge < -0.3 is 15.7 Å². The van der Waals surface area contributed by atoms with Gasteiger partial charge in [-0.2, -0.15) is 5.26 Å². The van der Waals surface area contributed by atoms with Crippen LogP contribution in [0.1, 0.15) is 5.56 Å². The summed E-state index contributed by atoms with van der Waals surface area (Å²) in [7, 11) is 0. The van der Waals surface area contributed by atoms with Crippen LogP contribution in [-0.2, 0) is 16.0 Å². The standard InChI is InChI=1S/C18H14ClN3O3/c19-14-3-7-16(8-4-14)22-18(25)13(10-20)11-21-15-5-1-12(2-6-15)9-17(23)24/h1-8,11,21H,9H2,(H,22,25)(H,23,24)/b13-11-. The van der Waals surface area contributed by atoms with Crippen LogP contribution in [0.3, 0.4) is 0 Å². The Balaban J connectivity index is 2.01. The third-order valence-electron chi connectivity index (χ3n) is 3.16. The van der Waals surface area contributed by atoms with Crippen molar-refractivity contribution in [2.45, 2.75) is 6.42 Å². The molecular formula is C18H14ClN3O3. The topological polar surface area (TPSA) is 102 Å². The number of anilines is 2. The highest BCUT2D eigenvalue weighted by atomic mass is 35.5. The second-order valence-corrected chi connectivity index (χ2v) is 5.48. The lowest BCUT2D eigenvalue weighted by Crippen LogP contribution is -2.14. The average molecular weight is 356 g/mol. The molecule has 7 heteroatoms. The maximum Gasteiger partial charge on any atom is 0.307 e. The van der Waals surface area contributed by atoms with Crippen molar-refractivity contribution in [2.24, 2.45) is 0 Å². The van der Waals surface area contributed by atoms with Crippen molar-refractivity contribution in [1.29, 1.82) is 5.26 Å². The van der Waals surface area contributed by atoms with E-state index >= 15 is 0 Å². The van der Waals surface area contributed by atoms with Gasteiger partial charge in [-0.05, 0) is 42.0 Å². The van der Waals surface area contributed by atoms with E-state index in [9.17, 15) is 9.59 Å². The third kappa shape index (κ3) is 5.68. The maximum atomic E-state index is 12.1. The van der Waals surface area contributed by atoms with Gasteiger partial charge in [0.15, 0.2) is 0 Å². The first-order chi connectivity index (χ1) is 12.0. The maximum absolute atomic E-state index is 12.1. The van der Waals surface area contributed by atoms with E-state index in [-0.39, 0.29) is 12.0 Å². The third-order valence-corrected chi connectivity index (χ3v) is 3.41. The van der Waals surface area contributed by atoms with E-state index in [1.54, 1.807) is 48.5 Å². The normalized spacial score (nSPS) is 10.6. The highest BCUT2D eigenvalue weighted by molar-refractivity contribution is 6.30. The largest absolute Gasteiger partial charge is 0.481 e. The summed E-state index contributed by atoms with van der Waals surface area (Å²) < 4.78 is 0. The van der Waals surface area contributed by atoms with Crippen molar-refractivity contribution < 1.29 is 14.7 Å². The summed E-state index contributed by atoms with van der Waals surface area (Å²) in [5, 5.41) is 23.8. The van der Waals surface area contributed by atoms with E-state index in [0.29, 0.717) is 22.0 Å². The summed E-state index contributed by atoms with van der Waals surface area (Å²) in [6.45, 7) is 0. The van der Waals surface area contributed by atoms with Crippen molar-refractivity contribution in [3.8, 4) is 6.07 Å². The number of carbonyl (C=O) groups is 2. The summed E-state index contributed by atoms with van der Waals surface area (Å²) in [4.78, 5) is 22.7. The first kappa shape index (κ1) is 18.0. The summed E-state index contributed by atoms with van der Waals surface area (Å²) in [5.41, 5.74) is 1.70. The predicted octanol–water partition coefficient (Wildman–Crippen LogP) is 3.43. The molecule has 0 heterocycles. The summed E-state index contributed by atoms with van der Waals surface area (Å²) in [5.74, 6) is -1.47. The number of amides is 1. The fraction of sp³-hybridized carbons (Fsp3) is 0.0556. The van der Waals surface area contributed by atoms with Crippen molar-refractivity contribution in [1.82, 2.24) is 0 Å². The van der Waals surface area contributed by atoms with Crippen LogP contribution in [0.15, 0.2) is 60.3 Å². The molecule has 3 N–H and O–H groups in total. The number of carboxylic acids is 1. The van der Waals surface area contributed by atoms with E-state index < -0.39 is 11.9 Å². The van der Waals surface area contributed by atoms with Crippen molar-refractivity contribution in [2.75, 3.05) is 10.6 Å². The molecule has 0 unspecified atom stereocenters. The van der Waals surface area contributed by atoms with Crippen LogP contribution < -0.4 is 10.6 Å². The fourth-order valence-corrected chi connectivity index (χ4v) is 2.06. The Kier molecular flexibility index (Phi) is 6.15. The molecule has 2 aromatic rings. The number of nitriles is 1. The first-order valence-corrected chi connectivity index (χ1v) is 7.60. The van der Waals surface area contributed by atoms with Gasteiger partial charge >= 0.3 is 5.97 Å². The monoisotopic (exact) mass is 355 g/mol. The van der Waals surface area contributed by atoms with Gasteiger partial charge in [-0.3, -0.25) is 9.59 Å². The highest BCUT2D eigenvalue weighted by Crippen LogP contribution is 2.15. The number of carboxylic acid groups (broad SMARTS) is 1. The number of hydrogen-bond acceptors (Lipinski definition) is 4. The van der Waals surface area contributed by atoms with Gasteiger partial charge in [0.05, 0.1) is 6.42 Å². The molecule has 25 heavy (non-hydrogen) atoms. The minimum Gasteiger partial charge on any atom is -0.481 e. The molecule has 0 aromatic heterocycles. The summed E-state index contributed by atoms with van der Waals surface area (Å²) in [6, 6.07) is 15.0. The molecule has 0 aliphatic rings. The molecule has 0 fully saturated rings. The van der Waals surface area contributed by atoms with Gasteiger partial charge in [0.2, 0.25) is 0 Å². The van der Waals surface area contributed by atoms with E-state index in [1.165, 1.54) is 6.20 Å². The van der Waals surface area contributed by atoms with Crippen LogP contribution in [0.5, 0.6) is 0 Å². The molecule has 0 bridgehead atoms. The summed E-state index contributed by atoms with van der Waals surface area (Å²) >= 11 is 5.78. The van der Waals surface area contributed by atoms with Crippen LogP contribution in [0, 0.1) is 11.3 Å². The second kappa shape index (κ2) is 8.52. The number of benzene rings is 2. The number of nitrogens with zero attached hydrogens (tertiary/aromatic N) is 1. The van der Waals surface area contributed by atoms with Crippen LogP contribution in [-0.4, -0.2) is 17.0 Å². The Labute approximate surface area is 149 Å². The number of nitrogens with one attached hydrogen (secondary N) is 2. The van der Waals surface area contributed by atoms with Gasteiger partial charge in [-0.25, -0.2) is 0 Å². The highest BCUT2D eigenvalue weighted by Gasteiger charge is 2.09. The number of hydrogen-bond donors (Lipinski definition) is 3. The first-order valence-electron chi connectivity index (χ1n) is 7.22. The van der Waals surface area contributed by atoms with E-state index in [2.05, 4.69) is 10.6 Å². The van der Waals surface area contributed by atoms with Crippen LogP contribution in [0.4, 0.5) is 11.4 Å². The molecule has 0 atom stereocenters. The molecule has 2 rings (SSSR count). The SMILES string of the molecule is N#C/C(=C/Nc1ccc(CC(=O)O)cc1)C(=O)Nc1ccc(Cl)cc1. The molecule has 6 nitrogen and oxygen atoms in total. The van der Waals surface area contributed by atoms with Crippen molar-refractivity contribution >= 4 is 34.9 Å². The Hall–Kier alpha value is -3.30. The molecule has 0 radical (unpaired) electrons. The zero-order valence-corrected chi connectivity index (χ0v) is 13.7.